The number of amides is 2. The van der Waals surface area contributed by atoms with Crippen molar-refractivity contribution < 1.29 is 28.2 Å². The van der Waals surface area contributed by atoms with E-state index in [2.05, 4.69) is 5.32 Å². The number of halogens is 2. The molecule has 1 aromatic rings. The van der Waals surface area contributed by atoms with Crippen LogP contribution in [0.2, 0.25) is 5.02 Å². The van der Waals surface area contributed by atoms with Gasteiger partial charge in [-0.05, 0) is 37.1 Å². The van der Waals surface area contributed by atoms with Crippen molar-refractivity contribution in [3.05, 3.63) is 34.6 Å². The summed E-state index contributed by atoms with van der Waals surface area (Å²) < 4.78 is 23.3. The first-order valence-corrected chi connectivity index (χ1v) is 9.28. The van der Waals surface area contributed by atoms with Gasteiger partial charge in [-0.2, -0.15) is 0 Å². The Morgan fingerprint density at radius 2 is 2.11 bits per heavy atom. The van der Waals surface area contributed by atoms with E-state index in [4.69, 9.17) is 21.1 Å². The lowest BCUT2D eigenvalue weighted by atomic mass is 10.1. The third-order valence-corrected chi connectivity index (χ3v) is 5.20. The molecule has 0 radical (unpaired) electrons. The van der Waals surface area contributed by atoms with Gasteiger partial charge >= 0.3 is 5.97 Å². The van der Waals surface area contributed by atoms with E-state index in [0.717, 1.165) is 0 Å². The largest absolute Gasteiger partial charge is 0.467 e. The monoisotopic (exact) mass is 414 g/mol. The summed E-state index contributed by atoms with van der Waals surface area (Å²) in [5.41, 5.74) is 0.475. The fourth-order valence-corrected chi connectivity index (χ4v) is 3.33. The van der Waals surface area contributed by atoms with Crippen LogP contribution in [0.1, 0.15) is 31.7 Å². The highest BCUT2D eigenvalue weighted by molar-refractivity contribution is 6.31. The molecule has 1 saturated heterocycles. The van der Waals surface area contributed by atoms with Crippen molar-refractivity contribution in [1.29, 1.82) is 0 Å². The molecule has 0 aromatic heterocycles. The number of nitrogens with zero attached hydrogens (tertiary/aromatic N) is 1. The molecule has 2 rings (SSSR count). The highest BCUT2D eigenvalue weighted by atomic mass is 35.5. The van der Waals surface area contributed by atoms with Gasteiger partial charge in [0.15, 0.2) is 6.04 Å². The third kappa shape index (κ3) is 5.42. The Kier molecular flexibility index (Phi) is 7.77. The lowest BCUT2D eigenvalue weighted by molar-refractivity contribution is -0.149. The number of nitrogens with one attached hydrogen (secondary N) is 1. The van der Waals surface area contributed by atoms with Gasteiger partial charge < -0.3 is 19.7 Å². The molecule has 1 aliphatic heterocycles. The minimum Gasteiger partial charge on any atom is -0.467 e. The fraction of sp³-hybridized carbons (Fsp3) is 0.526. The minimum atomic E-state index is -0.953. The second-order valence-electron chi connectivity index (χ2n) is 6.66. The van der Waals surface area contributed by atoms with Gasteiger partial charge in [0.05, 0.1) is 13.2 Å². The van der Waals surface area contributed by atoms with E-state index >= 15 is 0 Å². The smallest absolute Gasteiger partial charge is 0.331 e. The molecule has 1 aliphatic rings. The second kappa shape index (κ2) is 9.84. The Bertz CT molecular complexity index is 745. The molecule has 7 nitrogen and oxygen atoms in total. The molecule has 0 spiro atoms. The zero-order valence-corrected chi connectivity index (χ0v) is 16.8. The van der Waals surface area contributed by atoms with E-state index in [9.17, 15) is 18.8 Å². The van der Waals surface area contributed by atoms with E-state index in [-0.39, 0.29) is 24.9 Å². The van der Waals surface area contributed by atoms with Crippen molar-refractivity contribution in [2.75, 3.05) is 14.2 Å². The van der Waals surface area contributed by atoms with Gasteiger partial charge in [0.1, 0.15) is 5.82 Å². The number of methoxy groups -OCH3 is 2. The topological polar surface area (TPSA) is 84.9 Å². The molecular weight excluding hydrogens is 391 g/mol. The van der Waals surface area contributed by atoms with Gasteiger partial charge in [0.25, 0.3) is 0 Å². The molecule has 28 heavy (non-hydrogen) atoms. The Labute approximate surface area is 168 Å². The highest BCUT2D eigenvalue weighted by Gasteiger charge is 2.34. The van der Waals surface area contributed by atoms with Crippen molar-refractivity contribution in [2.24, 2.45) is 0 Å². The molecule has 0 bridgehead atoms. The molecule has 2 amide bonds. The number of carbonyl (C=O) groups excluding carboxylic acids is 3. The van der Waals surface area contributed by atoms with Crippen LogP contribution in [0.25, 0.3) is 0 Å². The first kappa shape index (κ1) is 22.1. The molecule has 1 heterocycles. The molecule has 1 N–H and O–H groups in total. The number of ether oxygens (including phenoxy) is 2. The van der Waals surface area contributed by atoms with Crippen molar-refractivity contribution >= 4 is 29.4 Å². The van der Waals surface area contributed by atoms with E-state index in [0.29, 0.717) is 23.4 Å². The second-order valence-corrected chi connectivity index (χ2v) is 7.07. The van der Waals surface area contributed by atoms with E-state index in [1.807, 2.05) is 0 Å². The molecule has 154 valence electrons. The standard InChI is InChI=1S/C19H24ClFN2O5/c1-11(27-2)18(19(26)28-3)22-16(24)9-14-5-7-17(25)23(14)10-12-8-13(21)4-6-15(12)20/h4,6,8,11,14,18H,5,7,9-10H2,1-3H3,(H,22,24)/t11-,14+,18+/m1/s1. The number of benzene rings is 1. The number of hydrogen-bond donors (Lipinski definition) is 1. The summed E-state index contributed by atoms with van der Waals surface area (Å²) in [6, 6.07) is 2.63. The quantitative estimate of drug-likeness (QED) is 0.658. The Morgan fingerprint density at radius 1 is 1.39 bits per heavy atom. The van der Waals surface area contributed by atoms with Crippen LogP contribution in [0.3, 0.4) is 0 Å². The number of hydrogen-bond acceptors (Lipinski definition) is 5. The Morgan fingerprint density at radius 3 is 2.75 bits per heavy atom. The van der Waals surface area contributed by atoms with Crippen LogP contribution in [-0.4, -0.2) is 55.1 Å². The molecule has 0 saturated carbocycles. The maximum atomic E-state index is 13.5. The average Bonchev–Trinajstić information content (AvgIpc) is 3.01. The van der Waals surface area contributed by atoms with Crippen LogP contribution < -0.4 is 5.32 Å². The van der Waals surface area contributed by atoms with Crippen molar-refractivity contribution in [2.45, 2.75) is 50.9 Å². The maximum Gasteiger partial charge on any atom is 0.331 e. The number of likely N-dealkylation sites (tertiary alicyclic amines) is 1. The lowest BCUT2D eigenvalue weighted by Gasteiger charge is -2.27. The number of rotatable bonds is 8. The van der Waals surface area contributed by atoms with Crippen LogP contribution in [0.4, 0.5) is 4.39 Å². The van der Waals surface area contributed by atoms with Crippen molar-refractivity contribution in [1.82, 2.24) is 10.2 Å². The van der Waals surface area contributed by atoms with Crippen LogP contribution in [0.5, 0.6) is 0 Å². The first-order valence-electron chi connectivity index (χ1n) is 8.90. The maximum absolute atomic E-state index is 13.5. The number of carbonyl (C=O) groups is 3. The molecule has 3 atom stereocenters. The van der Waals surface area contributed by atoms with Crippen molar-refractivity contribution in [3.63, 3.8) is 0 Å². The summed E-state index contributed by atoms with van der Waals surface area (Å²) in [6.07, 6.45) is 0.202. The van der Waals surface area contributed by atoms with Gasteiger partial charge in [-0.3, -0.25) is 9.59 Å². The molecule has 0 aliphatic carbocycles. The molecule has 1 fully saturated rings. The van der Waals surface area contributed by atoms with Gasteiger partial charge in [0.2, 0.25) is 11.8 Å². The number of esters is 1. The van der Waals surface area contributed by atoms with E-state index < -0.39 is 29.8 Å². The predicted molar refractivity (Wildman–Crippen MR) is 100 cm³/mol. The lowest BCUT2D eigenvalue weighted by Crippen LogP contribution is -2.50. The summed E-state index contributed by atoms with van der Waals surface area (Å²) in [5, 5.41) is 2.95. The summed E-state index contributed by atoms with van der Waals surface area (Å²) in [6.45, 7) is 1.75. The SMILES string of the molecule is COC(=O)[C@@H](NC(=O)C[C@@H]1CCC(=O)N1Cc1cc(F)ccc1Cl)[C@@H](C)OC. The van der Waals surface area contributed by atoms with Crippen LogP contribution in [0.15, 0.2) is 18.2 Å². The Balaban J connectivity index is 2.06. The Hall–Kier alpha value is -2.19. The molecule has 1 aromatic carbocycles. The van der Waals surface area contributed by atoms with Crippen molar-refractivity contribution in [3.8, 4) is 0 Å². The third-order valence-electron chi connectivity index (χ3n) is 4.83. The first-order chi connectivity index (χ1) is 13.3. The van der Waals surface area contributed by atoms with Crippen LogP contribution in [0, 0.1) is 5.82 Å². The molecular formula is C19H24ClFN2O5. The summed E-state index contributed by atoms with van der Waals surface area (Å²) in [5.74, 6) is -1.61. The van der Waals surface area contributed by atoms with Gasteiger partial charge in [-0.15, -0.1) is 0 Å². The minimum absolute atomic E-state index is 0.00258. The van der Waals surface area contributed by atoms with Crippen LogP contribution >= 0.6 is 11.6 Å². The summed E-state index contributed by atoms with van der Waals surface area (Å²) in [7, 11) is 2.65. The van der Waals surface area contributed by atoms with Gasteiger partial charge in [-0.1, -0.05) is 11.6 Å². The average molecular weight is 415 g/mol. The van der Waals surface area contributed by atoms with E-state index in [1.165, 1.54) is 37.3 Å². The molecule has 0 unspecified atom stereocenters. The summed E-state index contributed by atoms with van der Waals surface area (Å²) in [4.78, 5) is 38.1. The predicted octanol–water partition coefficient (Wildman–Crippen LogP) is 2.05. The van der Waals surface area contributed by atoms with Crippen LogP contribution in [-0.2, 0) is 30.4 Å². The van der Waals surface area contributed by atoms with Gasteiger partial charge in [-0.25, -0.2) is 9.18 Å². The molecule has 9 heteroatoms. The highest BCUT2D eigenvalue weighted by Crippen LogP contribution is 2.27. The fourth-order valence-electron chi connectivity index (χ4n) is 3.15. The normalized spacial score (nSPS) is 18.7. The van der Waals surface area contributed by atoms with Gasteiger partial charge in [0, 0.05) is 37.6 Å². The summed E-state index contributed by atoms with van der Waals surface area (Å²) >= 11 is 6.10. The zero-order chi connectivity index (χ0) is 20.8. The van der Waals surface area contributed by atoms with E-state index in [1.54, 1.807) is 6.92 Å². The zero-order valence-electron chi connectivity index (χ0n) is 16.0.